The number of aromatic nitrogens is 2. The maximum Gasteiger partial charge on any atom is 0.262 e. The highest BCUT2D eigenvalue weighted by atomic mass is 32.1. The van der Waals surface area contributed by atoms with Crippen LogP contribution in [0.15, 0.2) is 47.3 Å². The van der Waals surface area contributed by atoms with Crippen LogP contribution in [0, 0.1) is 4.77 Å². The first kappa shape index (κ1) is 17.4. The van der Waals surface area contributed by atoms with E-state index in [1.807, 2.05) is 48.0 Å². The van der Waals surface area contributed by atoms with E-state index in [1.165, 1.54) is 0 Å². The first-order valence-electron chi connectivity index (χ1n) is 8.28. The topological polar surface area (TPSA) is 36.2 Å². The largest absolute Gasteiger partial charge is 0.497 e. The van der Waals surface area contributed by atoms with Crippen molar-refractivity contribution >= 4 is 23.1 Å². The van der Waals surface area contributed by atoms with E-state index in [0.717, 1.165) is 22.4 Å². The van der Waals surface area contributed by atoms with Gasteiger partial charge in [-0.05, 0) is 53.5 Å². The van der Waals surface area contributed by atoms with Gasteiger partial charge in [-0.1, -0.05) is 32.0 Å². The number of ether oxygens (including phenoxy) is 1. The van der Waals surface area contributed by atoms with E-state index in [1.54, 1.807) is 11.7 Å². The molecule has 25 heavy (non-hydrogen) atoms. The van der Waals surface area contributed by atoms with E-state index in [0.29, 0.717) is 22.6 Å². The molecule has 2 aromatic carbocycles. The lowest BCUT2D eigenvalue weighted by atomic mass is 10.0. The molecule has 0 fully saturated rings. The molecule has 1 aromatic heterocycles. The van der Waals surface area contributed by atoms with E-state index in [4.69, 9.17) is 17.0 Å². The van der Waals surface area contributed by atoms with Gasteiger partial charge in [0.2, 0.25) is 0 Å². The minimum atomic E-state index is -0.0450. The number of benzene rings is 2. The van der Waals surface area contributed by atoms with Crippen molar-refractivity contribution in [1.29, 1.82) is 0 Å². The van der Waals surface area contributed by atoms with Gasteiger partial charge in [0.05, 0.1) is 24.6 Å². The van der Waals surface area contributed by atoms with Crippen LogP contribution >= 0.6 is 12.2 Å². The van der Waals surface area contributed by atoms with Gasteiger partial charge >= 0.3 is 0 Å². The Morgan fingerprint density at radius 3 is 2.40 bits per heavy atom. The van der Waals surface area contributed by atoms with Crippen LogP contribution in [0.25, 0.3) is 10.9 Å². The summed E-state index contributed by atoms with van der Waals surface area (Å²) in [5.41, 5.74) is 2.98. The van der Waals surface area contributed by atoms with Crippen molar-refractivity contribution in [1.82, 2.24) is 9.13 Å². The molecule has 0 aliphatic rings. The van der Waals surface area contributed by atoms with Gasteiger partial charge in [-0.3, -0.25) is 9.36 Å². The van der Waals surface area contributed by atoms with Crippen LogP contribution in [0.4, 0.5) is 0 Å². The zero-order valence-corrected chi connectivity index (χ0v) is 15.8. The van der Waals surface area contributed by atoms with Crippen LogP contribution in [0.3, 0.4) is 0 Å². The number of rotatable bonds is 4. The number of nitrogens with zero attached hydrogens (tertiary/aromatic N) is 2. The molecule has 0 amide bonds. The molecule has 0 radical (unpaired) electrons. The van der Waals surface area contributed by atoms with E-state index < -0.39 is 0 Å². The number of fused-ring (bicyclic) bond motifs is 1. The zero-order valence-electron chi connectivity index (χ0n) is 14.9. The molecule has 130 valence electrons. The zero-order chi connectivity index (χ0) is 18.1. The highest BCUT2D eigenvalue weighted by molar-refractivity contribution is 7.71. The predicted molar refractivity (Wildman–Crippen MR) is 104 cm³/mol. The van der Waals surface area contributed by atoms with E-state index in [2.05, 4.69) is 19.9 Å². The fourth-order valence-corrected chi connectivity index (χ4v) is 3.19. The second kappa shape index (κ2) is 6.84. The summed E-state index contributed by atoms with van der Waals surface area (Å²) in [6.45, 7) is 4.69. The number of methoxy groups -OCH3 is 1. The van der Waals surface area contributed by atoms with E-state index in [-0.39, 0.29) is 5.56 Å². The molecule has 1 heterocycles. The number of aryl methyl sites for hydroxylation is 1. The Balaban J connectivity index is 2.16. The highest BCUT2D eigenvalue weighted by Crippen LogP contribution is 2.20. The fourth-order valence-electron chi connectivity index (χ4n) is 2.95. The Kier molecular flexibility index (Phi) is 4.77. The second-order valence-electron chi connectivity index (χ2n) is 6.51. The van der Waals surface area contributed by atoms with Gasteiger partial charge in [0.15, 0.2) is 4.77 Å². The first-order valence-corrected chi connectivity index (χ1v) is 8.69. The van der Waals surface area contributed by atoms with E-state index >= 15 is 0 Å². The Morgan fingerprint density at radius 2 is 1.80 bits per heavy atom. The fraction of sp³-hybridized carbons (Fsp3) is 0.300. The molecule has 5 heteroatoms. The highest BCUT2D eigenvalue weighted by Gasteiger charge is 2.11. The molecule has 3 rings (SSSR count). The van der Waals surface area contributed by atoms with Gasteiger partial charge in [0.1, 0.15) is 5.75 Å². The quantitative estimate of drug-likeness (QED) is 0.657. The summed E-state index contributed by atoms with van der Waals surface area (Å²) in [6.07, 6.45) is 0. The average Bonchev–Trinajstić information content (AvgIpc) is 2.63. The van der Waals surface area contributed by atoms with Crippen LogP contribution in [-0.4, -0.2) is 16.2 Å². The minimum Gasteiger partial charge on any atom is -0.497 e. The SMILES string of the molecule is COc1ccc(Cn2c(=O)c3cc(C(C)C)ccc3n(C)c2=S)cc1. The lowest BCUT2D eigenvalue weighted by Crippen LogP contribution is -2.25. The summed E-state index contributed by atoms with van der Waals surface area (Å²) in [5.74, 6) is 1.16. The molecule has 0 unspecified atom stereocenters. The van der Waals surface area contributed by atoms with Crippen LogP contribution < -0.4 is 10.3 Å². The third-order valence-electron chi connectivity index (χ3n) is 4.54. The molecular weight excluding hydrogens is 332 g/mol. The minimum absolute atomic E-state index is 0.0450. The normalized spacial score (nSPS) is 11.2. The third-order valence-corrected chi connectivity index (χ3v) is 5.04. The first-order chi connectivity index (χ1) is 11.9. The van der Waals surface area contributed by atoms with Crippen molar-refractivity contribution in [2.45, 2.75) is 26.3 Å². The Morgan fingerprint density at radius 1 is 1.12 bits per heavy atom. The molecule has 0 spiro atoms. The summed E-state index contributed by atoms with van der Waals surface area (Å²) in [4.78, 5) is 13.1. The van der Waals surface area contributed by atoms with Crippen molar-refractivity contribution in [2.75, 3.05) is 7.11 Å². The Bertz CT molecular complexity index is 1030. The van der Waals surface area contributed by atoms with Crippen molar-refractivity contribution in [2.24, 2.45) is 7.05 Å². The Labute approximate surface area is 152 Å². The monoisotopic (exact) mass is 354 g/mol. The standard InChI is InChI=1S/C20H22N2O2S/c1-13(2)15-7-10-18-17(11-15)19(23)22(20(25)21(18)3)12-14-5-8-16(24-4)9-6-14/h5-11,13H,12H2,1-4H3. The molecule has 0 atom stereocenters. The number of hydrogen-bond donors (Lipinski definition) is 0. The lowest BCUT2D eigenvalue weighted by molar-refractivity contribution is 0.414. The summed E-state index contributed by atoms with van der Waals surface area (Å²) < 4.78 is 9.26. The Hall–Kier alpha value is -2.40. The van der Waals surface area contributed by atoms with Gasteiger partial charge < -0.3 is 9.30 Å². The van der Waals surface area contributed by atoms with Gasteiger partial charge in [-0.25, -0.2) is 0 Å². The molecular formula is C20H22N2O2S. The van der Waals surface area contributed by atoms with Crippen molar-refractivity contribution in [3.63, 3.8) is 0 Å². The summed E-state index contributed by atoms with van der Waals surface area (Å²) >= 11 is 5.54. The van der Waals surface area contributed by atoms with Gasteiger partial charge in [-0.2, -0.15) is 0 Å². The molecule has 0 aliphatic heterocycles. The summed E-state index contributed by atoms with van der Waals surface area (Å²) in [6, 6.07) is 13.7. The molecule has 0 saturated carbocycles. The van der Waals surface area contributed by atoms with Crippen molar-refractivity contribution < 1.29 is 4.74 Å². The van der Waals surface area contributed by atoms with E-state index in [9.17, 15) is 4.79 Å². The van der Waals surface area contributed by atoms with Crippen LogP contribution in [-0.2, 0) is 13.6 Å². The van der Waals surface area contributed by atoms with Crippen LogP contribution in [0.1, 0.15) is 30.9 Å². The average molecular weight is 354 g/mol. The van der Waals surface area contributed by atoms with Gasteiger partial charge in [0, 0.05) is 7.05 Å². The molecule has 3 aromatic rings. The molecule has 0 aliphatic carbocycles. The van der Waals surface area contributed by atoms with Gasteiger partial charge in [0.25, 0.3) is 5.56 Å². The van der Waals surface area contributed by atoms with Crippen molar-refractivity contribution in [3.05, 3.63) is 68.7 Å². The summed E-state index contributed by atoms with van der Waals surface area (Å²) in [7, 11) is 3.54. The predicted octanol–water partition coefficient (Wildman–Crippen LogP) is 4.25. The second-order valence-corrected chi connectivity index (χ2v) is 6.88. The third kappa shape index (κ3) is 3.24. The molecule has 0 saturated heterocycles. The summed E-state index contributed by atoms with van der Waals surface area (Å²) in [5, 5.41) is 0.704. The van der Waals surface area contributed by atoms with Gasteiger partial charge in [-0.15, -0.1) is 0 Å². The maximum atomic E-state index is 13.1. The van der Waals surface area contributed by atoms with Crippen molar-refractivity contribution in [3.8, 4) is 5.75 Å². The van der Waals surface area contributed by atoms with Crippen LogP contribution in [0.2, 0.25) is 0 Å². The smallest absolute Gasteiger partial charge is 0.262 e. The lowest BCUT2D eigenvalue weighted by Gasteiger charge is -2.14. The van der Waals surface area contributed by atoms with Crippen LogP contribution in [0.5, 0.6) is 5.75 Å². The maximum absolute atomic E-state index is 13.1. The molecule has 4 nitrogen and oxygen atoms in total. The number of hydrogen-bond acceptors (Lipinski definition) is 3. The molecule has 0 bridgehead atoms. The molecule has 0 N–H and O–H groups in total.